The summed E-state index contributed by atoms with van der Waals surface area (Å²) in [5, 5.41) is 2.95. The molecule has 0 saturated heterocycles. The molecule has 1 aliphatic rings. The smallest absolute Gasteiger partial charge is 0.338 e. The number of para-hydroxylation sites is 1. The summed E-state index contributed by atoms with van der Waals surface area (Å²) in [4.78, 5) is 24.5. The first-order valence-electron chi connectivity index (χ1n) is 8.65. The first-order valence-corrected chi connectivity index (χ1v) is 10.5. The molecule has 1 fully saturated rings. The Morgan fingerprint density at radius 1 is 1.11 bits per heavy atom. The first kappa shape index (κ1) is 20.3. The summed E-state index contributed by atoms with van der Waals surface area (Å²) in [6.45, 7) is 1.43. The van der Waals surface area contributed by atoms with Gasteiger partial charge in [0.2, 0.25) is 10.0 Å². The maximum absolute atomic E-state index is 12.2. The Hall–Kier alpha value is -2.42. The van der Waals surface area contributed by atoms with Gasteiger partial charge in [-0.25, -0.2) is 17.9 Å². The van der Waals surface area contributed by atoms with Crippen molar-refractivity contribution in [2.75, 3.05) is 5.32 Å². The number of halogens is 1. The number of benzene rings is 2. The third-order valence-corrected chi connectivity index (χ3v) is 5.95. The van der Waals surface area contributed by atoms with Crippen LogP contribution in [0.4, 0.5) is 5.69 Å². The fourth-order valence-electron chi connectivity index (χ4n) is 2.34. The molecule has 0 aliphatic heterocycles. The molecule has 7 nitrogen and oxygen atoms in total. The molecule has 9 heteroatoms. The molecule has 1 saturated carbocycles. The minimum absolute atomic E-state index is 0.00729. The number of carbonyl (C=O) groups is 2. The topological polar surface area (TPSA) is 102 Å². The van der Waals surface area contributed by atoms with Gasteiger partial charge in [0.15, 0.2) is 6.10 Å². The number of carbonyl (C=O) groups excluding carboxylic acids is 2. The fourth-order valence-corrected chi connectivity index (χ4v) is 3.83. The molecule has 2 aromatic carbocycles. The number of hydrogen-bond donors (Lipinski definition) is 2. The average molecular weight is 423 g/mol. The minimum atomic E-state index is -3.59. The van der Waals surface area contributed by atoms with E-state index in [0.717, 1.165) is 12.8 Å². The largest absolute Gasteiger partial charge is 0.449 e. The second-order valence-electron chi connectivity index (χ2n) is 6.44. The predicted molar refractivity (Wildman–Crippen MR) is 105 cm³/mol. The number of hydrogen-bond acceptors (Lipinski definition) is 5. The Bertz CT molecular complexity index is 988. The van der Waals surface area contributed by atoms with Gasteiger partial charge in [0.1, 0.15) is 0 Å². The SMILES string of the molecule is C[C@@H](OC(=O)c1ccc(S(=O)(=O)NC2CC2)cc1)C(=O)Nc1ccccc1Cl. The Balaban J connectivity index is 1.60. The van der Waals surface area contributed by atoms with Crippen LogP contribution in [0.2, 0.25) is 5.02 Å². The number of ether oxygens (including phenoxy) is 1. The third kappa shape index (κ3) is 5.09. The summed E-state index contributed by atoms with van der Waals surface area (Å²) in [6.07, 6.45) is 0.596. The Labute approximate surface area is 168 Å². The van der Waals surface area contributed by atoms with Crippen LogP contribution >= 0.6 is 11.6 Å². The number of nitrogens with one attached hydrogen (secondary N) is 2. The zero-order chi connectivity index (χ0) is 20.3. The van der Waals surface area contributed by atoms with E-state index in [0.29, 0.717) is 10.7 Å². The highest BCUT2D eigenvalue weighted by molar-refractivity contribution is 7.89. The van der Waals surface area contributed by atoms with E-state index in [2.05, 4.69) is 10.0 Å². The molecular weight excluding hydrogens is 404 g/mol. The molecule has 0 aromatic heterocycles. The molecular formula is C19H19ClN2O5S. The van der Waals surface area contributed by atoms with Crippen LogP contribution in [0, 0.1) is 0 Å². The van der Waals surface area contributed by atoms with Gasteiger partial charge in [0.05, 0.1) is 21.2 Å². The molecule has 0 spiro atoms. The summed E-state index contributed by atoms with van der Waals surface area (Å²) < 4.78 is 32.0. The molecule has 0 unspecified atom stereocenters. The number of anilines is 1. The highest BCUT2D eigenvalue weighted by Crippen LogP contribution is 2.23. The monoisotopic (exact) mass is 422 g/mol. The van der Waals surface area contributed by atoms with Crippen LogP contribution in [-0.4, -0.2) is 32.4 Å². The second kappa shape index (κ2) is 8.30. The van der Waals surface area contributed by atoms with Crippen molar-refractivity contribution in [1.29, 1.82) is 0 Å². The number of esters is 1. The average Bonchev–Trinajstić information content (AvgIpc) is 3.47. The van der Waals surface area contributed by atoms with Gasteiger partial charge in [0.25, 0.3) is 5.91 Å². The lowest BCUT2D eigenvalue weighted by molar-refractivity contribution is -0.123. The van der Waals surface area contributed by atoms with Crippen LogP contribution in [0.15, 0.2) is 53.4 Å². The second-order valence-corrected chi connectivity index (χ2v) is 8.56. The highest BCUT2D eigenvalue weighted by Gasteiger charge is 2.28. The lowest BCUT2D eigenvalue weighted by atomic mass is 10.2. The van der Waals surface area contributed by atoms with Crippen molar-refractivity contribution in [1.82, 2.24) is 4.72 Å². The van der Waals surface area contributed by atoms with Gasteiger partial charge in [-0.3, -0.25) is 4.79 Å². The van der Waals surface area contributed by atoms with Crippen LogP contribution in [0.1, 0.15) is 30.1 Å². The van der Waals surface area contributed by atoms with Gasteiger partial charge >= 0.3 is 5.97 Å². The summed E-state index contributed by atoms with van der Waals surface area (Å²) in [6, 6.07) is 12.0. The fraction of sp³-hybridized carbons (Fsp3) is 0.263. The van der Waals surface area contributed by atoms with Gasteiger partial charge in [-0.05, 0) is 56.2 Å². The predicted octanol–water partition coefficient (Wildman–Crippen LogP) is 2.96. The zero-order valence-electron chi connectivity index (χ0n) is 15.0. The molecule has 1 atom stereocenters. The van der Waals surface area contributed by atoms with E-state index < -0.39 is 28.0 Å². The van der Waals surface area contributed by atoms with Crippen molar-refractivity contribution in [2.45, 2.75) is 36.8 Å². The van der Waals surface area contributed by atoms with Crippen molar-refractivity contribution >= 4 is 39.2 Å². The number of rotatable bonds is 7. The van der Waals surface area contributed by atoms with E-state index >= 15 is 0 Å². The van der Waals surface area contributed by atoms with E-state index in [1.54, 1.807) is 24.3 Å². The van der Waals surface area contributed by atoms with E-state index in [-0.39, 0.29) is 16.5 Å². The summed E-state index contributed by atoms with van der Waals surface area (Å²) in [5.41, 5.74) is 0.553. The highest BCUT2D eigenvalue weighted by atomic mass is 35.5. The van der Waals surface area contributed by atoms with Crippen molar-refractivity contribution < 1.29 is 22.7 Å². The standard InChI is InChI=1S/C19H19ClN2O5S/c1-12(18(23)21-17-5-3-2-4-16(17)20)27-19(24)13-6-10-15(11-7-13)28(25,26)22-14-8-9-14/h2-7,10-12,14,22H,8-9H2,1H3,(H,21,23)/t12-/m1/s1. The van der Waals surface area contributed by atoms with Crippen molar-refractivity contribution in [3.05, 3.63) is 59.1 Å². The van der Waals surface area contributed by atoms with Crippen LogP contribution in [0.5, 0.6) is 0 Å². The Morgan fingerprint density at radius 2 is 1.75 bits per heavy atom. The summed E-state index contributed by atoms with van der Waals surface area (Å²) in [5.74, 6) is -1.27. The molecule has 0 radical (unpaired) electrons. The van der Waals surface area contributed by atoms with Gasteiger partial charge in [0, 0.05) is 6.04 Å². The lowest BCUT2D eigenvalue weighted by Gasteiger charge is -2.14. The van der Waals surface area contributed by atoms with Crippen LogP contribution in [-0.2, 0) is 19.6 Å². The molecule has 148 valence electrons. The van der Waals surface area contributed by atoms with Crippen molar-refractivity contribution in [3.63, 3.8) is 0 Å². The van der Waals surface area contributed by atoms with Crippen LogP contribution in [0.3, 0.4) is 0 Å². The van der Waals surface area contributed by atoms with Crippen LogP contribution < -0.4 is 10.0 Å². The van der Waals surface area contributed by atoms with E-state index in [9.17, 15) is 18.0 Å². The molecule has 2 aromatic rings. The summed E-state index contributed by atoms with van der Waals surface area (Å²) in [7, 11) is -3.59. The quantitative estimate of drug-likeness (QED) is 0.668. The van der Waals surface area contributed by atoms with E-state index in [1.165, 1.54) is 31.2 Å². The van der Waals surface area contributed by atoms with Crippen molar-refractivity contribution in [2.24, 2.45) is 0 Å². The van der Waals surface area contributed by atoms with E-state index in [1.807, 2.05) is 0 Å². The molecule has 0 bridgehead atoms. The molecule has 0 heterocycles. The Morgan fingerprint density at radius 3 is 2.36 bits per heavy atom. The maximum Gasteiger partial charge on any atom is 0.338 e. The van der Waals surface area contributed by atoms with Crippen LogP contribution in [0.25, 0.3) is 0 Å². The minimum Gasteiger partial charge on any atom is -0.449 e. The molecule has 3 rings (SSSR count). The van der Waals surface area contributed by atoms with Gasteiger partial charge in [-0.15, -0.1) is 0 Å². The van der Waals surface area contributed by atoms with Gasteiger partial charge < -0.3 is 10.1 Å². The third-order valence-electron chi connectivity index (χ3n) is 4.08. The van der Waals surface area contributed by atoms with Gasteiger partial charge in [-0.1, -0.05) is 23.7 Å². The maximum atomic E-state index is 12.2. The Kier molecular flexibility index (Phi) is 6.02. The number of sulfonamides is 1. The summed E-state index contributed by atoms with van der Waals surface area (Å²) >= 11 is 5.98. The normalized spacial score (nSPS) is 14.9. The lowest BCUT2D eigenvalue weighted by Crippen LogP contribution is -2.30. The zero-order valence-corrected chi connectivity index (χ0v) is 16.6. The first-order chi connectivity index (χ1) is 13.3. The number of amides is 1. The van der Waals surface area contributed by atoms with E-state index in [4.69, 9.17) is 16.3 Å². The van der Waals surface area contributed by atoms with Crippen molar-refractivity contribution in [3.8, 4) is 0 Å². The molecule has 28 heavy (non-hydrogen) atoms. The molecule has 1 aliphatic carbocycles. The molecule has 1 amide bonds. The van der Waals surface area contributed by atoms with Gasteiger partial charge in [-0.2, -0.15) is 0 Å². The molecule has 2 N–H and O–H groups in total.